The van der Waals surface area contributed by atoms with Crippen LogP contribution in [0.4, 0.5) is 11.5 Å². The van der Waals surface area contributed by atoms with Crippen molar-refractivity contribution in [3.05, 3.63) is 17.8 Å². The normalized spacial score (nSPS) is 15.2. The molecule has 0 aliphatic carbocycles. The Hall–Kier alpha value is -1.58. The fraction of sp³-hybridized carbons (Fsp3) is 0.333. The van der Waals surface area contributed by atoms with Crippen LogP contribution in [0.1, 0.15) is 5.56 Å². The van der Waals surface area contributed by atoms with Crippen LogP contribution >= 0.6 is 0 Å². The molecule has 0 saturated heterocycles. The molecule has 0 aromatic carbocycles. The first-order valence-corrected chi connectivity index (χ1v) is 4.14. The highest BCUT2D eigenvalue weighted by Crippen LogP contribution is 2.26. The third kappa shape index (κ3) is 1.35. The van der Waals surface area contributed by atoms with Gasteiger partial charge in [0.1, 0.15) is 0 Å². The number of hydrogen-bond donors (Lipinski definition) is 1. The van der Waals surface area contributed by atoms with Crippen LogP contribution in [0, 0.1) is 6.92 Å². The lowest BCUT2D eigenvalue weighted by Gasteiger charge is -2.26. The number of aryl methyl sites for hydroxylation is 1. The number of carbonyl (C=O) groups excluding carboxylic acids is 1. The predicted molar refractivity (Wildman–Crippen MR) is 50.9 cm³/mol. The molecule has 1 aromatic rings. The van der Waals surface area contributed by atoms with E-state index in [4.69, 9.17) is 0 Å². The quantitative estimate of drug-likeness (QED) is 0.637. The van der Waals surface area contributed by atoms with E-state index in [1.165, 1.54) is 0 Å². The van der Waals surface area contributed by atoms with Crippen LogP contribution in [0.3, 0.4) is 0 Å². The number of aromatic nitrogens is 1. The van der Waals surface area contributed by atoms with Gasteiger partial charge in [-0.1, -0.05) is 0 Å². The third-order valence-corrected chi connectivity index (χ3v) is 2.05. The molecule has 1 aliphatic rings. The minimum atomic E-state index is -0.00801. The SMILES string of the molecule is Cc1cnc2c(c1)N(C)CC(=O)N2. The predicted octanol–water partition coefficient (Wildman–Crippen LogP) is 0.778. The standard InChI is InChI=1S/C9H11N3O/c1-6-3-7-9(10-4-6)11-8(13)5-12(7)2/h3-4H,5H2,1-2H3,(H,10,11,13). The molecule has 0 radical (unpaired) electrons. The van der Waals surface area contributed by atoms with Gasteiger partial charge in [-0.2, -0.15) is 0 Å². The molecule has 0 unspecified atom stereocenters. The van der Waals surface area contributed by atoms with E-state index in [0.29, 0.717) is 12.4 Å². The average molecular weight is 177 g/mol. The van der Waals surface area contributed by atoms with Gasteiger partial charge in [-0.05, 0) is 18.6 Å². The van der Waals surface area contributed by atoms with Gasteiger partial charge >= 0.3 is 0 Å². The van der Waals surface area contributed by atoms with E-state index < -0.39 is 0 Å². The Morgan fingerprint density at radius 1 is 1.62 bits per heavy atom. The summed E-state index contributed by atoms with van der Waals surface area (Å²) in [5.74, 6) is 0.649. The van der Waals surface area contributed by atoms with Crippen molar-refractivity contribution >= 4 is 17.4 Å². The van der Waals surface area contributed by atoms with Gasteiger partial charge in [-0.15, -0.1) is 0 Å². The van der Waals surface area contributed by atoms with Gasteiger partial charge in [0, 0.05) is 13.2 Å². The highest BCUT2D eigenvalue weighted by molar-refractivity contribution is 5.99. The monoisotopic (exact) mass is 177 g/mol. The third-order valence-electron chi connectivity index (χ3n) is 2.05. The van der Waals surface area contributed by atoms with Gasteiger partial charge in [-0.3, -0.25) is 4.79 Å². The molecule has 4 heteroatoms. The largest absolute Gasteiger partial charge is 0.362 e. The number of likely N-dealkylation sites (N-methyl/N-ethyl adjacent to an activating group) is 1. The molecule has 1 N–H and O–H groups in total. The number of fused-ring (bicyclic) bond motifs is 1. The van der Waals surface area contributed by atoms with Crippen molar-refractivity contribution < 1.29 is 4.79 Å². The topological polar surface area (TPSA) is 45.2 Å². The van der Waals surface area contributed by atoms with Gasteiger partial charge in [0.15, 0.2) is 5.82 Å². The summed E-state index contributed by atoms with van der Waals surface area (Å²) in [5, 5.41) is 2.73. The van der Waals surface area contributed by atoms with Gasteiger partial charge in [0.2, 0.25) is 5.91 Å². The maximum absolute atomic E-state index is 11.1. The molecule has 13 heavy (non-hydrogen) atoms. The van der Waals surface area contributed by atoms with E-state index in [9.17, 15) is 4.79 Å². The van der Waals surface area contributed by atoms with Crippen LogP contribution in [0.5, 0.6) is 0 Å². The zero-order chi connectivity index (χ0) is 9.42. The number of pyridine rings is 1. The summed E-state index contributed by atoms with van der Waals surface area (Å²) in [6.45, 7) is 2.38. The summed E-state index contributed by atoms with van der Waals surface area (Å²) in [6.07, 6.45) is 1.75. The molecule has 0 saturated carbocycles. The summed E-state index contributed by atoms with van der Waals surface area (Å²) in [6, 6.07) is 2.02. The van der Waals surface area contributed by atoms with E-state index in [1.54, 1.807) is 6.20 Å². The fourth-order valence-electron chi connectivity index (χ4n) is 1.41. The second-order valence-electron chi connectivity index (χ2n) is 3.28. The summed E-state index contributed by atoms with van der Waals surface area (Å²) < 4.78 is 0. The number of rotatable bonds is 0. The second kappa shape index (κ2) is 2.73. The van der Waals surface area contributed by atoms with Crippen molar-refractivity contribution in [2.45, 2.75) is 6.92 Å². The maximum Gasteiger partial charge on any atom is 0.245 e. The van der Waals surface area contributed by atoms with Crippen LogP contribution in [0.15, 0.2) is 12.3 Å². The molecule has 4 nitrogen and oxygen atoms in total. The summed E-state index contributed by atoms with van der Waals surface area (Å²) >= 11 is 0. The average Bonchev–Trinajstić information content (AvgIpc) is 2.06. The first-order valence-electron chi connectivity index (χ1n) is 4.14. The molecule has 0 spiro atoms. The van der Waals surface area contributed by atoms with Crippen LogP contribution in [-0.2, 0) is 4.79 Å². The summed E-state index contributed by atoms with van der Waals surface area (Å²) in [7, 11) is 1.89. The molecule has 0 bridgehead atoms. The van der Waals surface area contributed by atoms with Crippen molar-refractivity contribution in [2.75, 3.05) is 23.8 Å². The molecule has 2 heterocycles. The molecule has 2 rings (SSSR count). The van der Waals surface area contributed by atoms with E-state index in [-0.39, 0.29) is 5.91 Å². The van der Waals surface area contributed by atoms with Crippen molar-refractivity contribution in [2.24, 2.45) is 0 Å². The van der Waals surface area contributed by atoms with Crippen molar-refractivity contribution in [3.63, 3.8) is 0 Å². The number of carbonyl (C=O) groups is 1. The summed E-state index contributed by atoms with van der Waals surface area (Å²) in [5.41, 5.74) is 2.08. The zero-order valence-electron chi connectivity index (χ0n) is 7.66. The molecule has 1 aromatic heterocycles. The van der Waals surface area contributed by atoms with Crippen LogP contribution in [0.25, 0.3) is 0 Å². The molecule has 1 aliphatic heterocycles. The van der Waals surface area contributed by atoms with Gasteiger partial charge in [0.05, 0.1) is 12.2 Å². The van der Waals surface area contributed by atoms with Crippen molar-refractivity contribution in [1.29, 1.82) is 0 Å². The van der Waals surface area contributed by atoms with Crippen molar-refractivity contribution in [1.82, 2.24) is 4.98 Å². The van der Waals surface area contributed by atoms with E-state index in [0.717, 1.165) is 11.3 Å². The Kier molecular flexibility index (Phi) is 1.69. The minimum Gasteiger partial charge on any atom is -0.362 e. The Bertz CT molecular complexity index is 362. The Labute approximate surface area is 76.6 Å². The maximum atomic E-state index is 11.1. The van der Waals surface area contributed by atoms with Crippen LogP contribution < -0.4 is 10.2 Å². The Morgan fingerprint density at radius 2 is 2.38 bits per heavy atom. The molecule has 0 atom stereocenters. The second-order valence-corrected chi connectivity index (χ2v) is 3.28. The lowest BCUT2D eigenvalue weighted by atomic mass is 10.2. The highest BCUT2D eigenvalue weighted by Gasteiger charge is 2.19. The Balaban J connectivity index is 2.49. The van der Waals surface area contributed by atoms with Gasteiger partial charge < -0.3 is 10.2 Å². The first kappa shape index (κ1) is 8.04. The van der Waals surface area contributed by atoms with Crippen LogP contribution in [-0.4, -0.2) is 24.5 Å². The smallest absolute Gasteiger partial charge is 0.245 e. The molecular weight excluding hydrogens is 166 g/mol. The van der Waals surface area contributed by atoms with E-state index >= 15 is 0 Å². The number of amides is 1. The first-order chi connectivity index (χ1) is 6.16. The lowest BCUT2D eigenvalue weighted by Crippen LogP contribution is -2.35. The molecular formula is C9H11N3O. The molecule has 1 amide bonds. The molecule has 0 fully saturated rings. The fourth-order valence-corrected chi connectivity index (χ4v) is 1.41. The van der Waals surface area contributed by atoms with Gasteiger partial charge in [0.25, 0.3) is 0 Å². The zero-order valence-corrected chi connectivity index (χ0v) is 7.66. The van der Waals surface area contributed by atoms with E-state index in [2.05, 4.69) is 10.3 Å². The molecule has 68 valence electrons. The number of anilines is 2. The Morgan fingerprint density at radius 3 is 3.15 bits per heavy atom. The number of hydrogen-bond acceptors (Lipinski definition) is 3. The summed E-state index contributed by atoms with van der Waals surface area (Å²) in [4.78, 5) is 17.2. The highest BCUT2D eigenvalue weighted by atomic mass is 16.2. The number of nitrogens with one attached hydrogen (secondary N) is 1. The lowest BCUT2D eigenvalue weighted by molar-refractivity contribution is -0.115. The van der Waals surface area contributed by atoms with Crippen LogP contribution in [0.2, 0.25) is 0 Å². The minimum absolute atomic E-state index is 0.00801. The van der Waals surface area contributed by atoms with Gasteiger partial charge in [-0.25, -0.2) is 4.98 Å². The number of nitrogens with zero attached hydrogens (tertiary/aromatic N) is 2. The van der Waals surface area contributed by atoms with E-state index in [1.807, 2.05) is 24.9 Å². The van der Waals surface area contributed by atoms with Crippen molar-refractivity contribution in [3.8, 4) is 0 Å².